The molecule has 7 nitrogen and oxygen atoms in total. The van der Waals surface area contributed by atoms with Crippen molar-refractivity contribution < 1.29 is 23.9 Å². The topological polar surface area (TPSA) is 108 Å². The molecule has 3 N–H and O–H groups in total. The van der Waals surface area contributed by atoms with Crippen molar-refractivity contribution >= 4 is 17.9 Å². The van der Waals surface area contributed by atoms with Crippen molar-refractivity contribution in [3.05, 3.63) is 29.8 Å². The molecule has 0 aromatic heterocycles. The Morgan fingerprint density at radius 3 is 2.37 bits per heavy atom. The predicted octanol–water partition coefficient (Wildman–Crippen LogP) is -0.0242. The summed E-state index contributed by atoms with van der Waals surface area (Å²) in [7, 11) is 1.32. The summed E-state index contributed by atoms with van der Waals surface area (Å²) in [6.45, 7) is -0.320. The van der Waals surface area contributed by atoms with Gasteiger partial charge in [0.05, 0.1) is 13.5 Å². The largest absolute Gasteiger partial charge is 0.484 e. The van der Waals surface area contributed by atoms with Crippen LogP contribution in [0.15, 0.2) is 24.3 Å². The summed E-state index contributed by atoms with van der Waals surface area (Å²) in [6, 6.07) is 5.64. The number of primary amides is 1. The van der Waals surface area contributed by atoms with Crippen LogP contribution < -0.4 is 15.8 Å². The third-order valence-electron chi connectivity index (χ3n) is 2.13. The second kappa shape index (κ2) is 7.00. The average molecular weight is 266 g/mol. The van der Waals surface area contributed by atoms with E-state index in [4.69, 9.17) is 10.5 Å². The highest BCUT2D eigenvalue weighted by molar-refractivity contribution is 5.94. The smallest absolute Gasteiger partial charge is 0.318 e. The summed E-state index contributed by atoms with van der Waals surface area (Å²) in [4.78, 5) is 32.5. The van der Waals surface area contributed by atoms with E-state index in [9.17, 15) is 14.4 Å². The van der Waals surface area contributed by atoms with Crippen molar-refractivity contribution in [2.24, 2.45) is 5.73 Å². The first-order valence-corrected chi connectivity index (χ1v) is 5.39. The van der Waals surface area contributed by atoms with Crippen LogP contribution in [0.2, 0.25) is 0 Å². The first-order valence-electron chi connectivity index (χ1n) is 5.39. The molecule has 0 saturated heterocycles. The van der Waals surface area contributed by atoms with E-state index in [0.29, 0.717) is 5.75 Å². The molecule has 0 aliphatic carbocycles. The van der Waals surface area contributed by atoms with Gasteiger partial charge in [0, 0.05) is 0 Å². The number of methoxy groups -OCH3 is 1. The maximum atomic E-state index is 11.1. The lowest BCUT2D eigenvalue weighted by Crippen LogP contribution is -2.38. The lowest BCUT2D eigenvalue weighted by molar-refractivity contribution is -0.139. The molecular formula is C12H14N2O5. The zero-order chi connectivity index (χ0) is 14.3. The summed E-state index contributed by atoms with van der Waals surface area (Å²) < 4.78 is 9.65. The Bertz CT molecular complexity index is 470. The summed E-state index contributed by atoms with van der Waals surface area (Å²) in [5.74, 6) is -0.533. The van der Waals surface area contributed by atoms with Crippen molar-refractivity contribution in [1.82, 2.24) is 5.32 Å². The van der Waals surface area contributed by atoms with E-state index >= 15 is 0 Å². The lowest BCUT2D eigenvalue weighted by atomic mass is 10.1. The number of nitrogens with one attached hydrogen (secondary N) is 1. The fourth-order valence-corrected chi connectivity index (χ4v) is 1.26. The Kier molecular flexibility index (Phi) is 5.34. The van der Waals surface area contributed by atoms with Gasteiger partial charge in [0.25, 0.3) is 5.91 Å². The SMILES string of the molecule is COC(=O)Cc1ccc(OCC(=O)NC(N)=O)cc1. The molecule has 7 heteroatoms. The minimum atomic E-state index is -0.929. The molecule has 102 valence electrons. The van der Waals surface area contributed by atoms with E-state index in [-0.39, 0.29) is 19.0 Å². The average Bonchev–Trinajstić information content (AvgIpc) is 2.37. The molecular weight excluding hydrogens is 252 g/mol. The van der Waals surface area contributed by atoms with Crippen LogP contribution in [-0.2, 0) is 20.7 Å². The van der Waals surface area contributed by atoms with Gasteiger partial charge in [-0.3, -0.25) is 14.9 Å². The number of rotatable bonds is 5. The molecule has 0 aliphatic rings. The fourth-order valence-electron chi connectivity index (χ4n) is 1.26. The molecule has 19 heavy (non-hydrogen) atoms. The molecule has 1 rings (SSSR count). The Hall–Kier alpha value is -2.57. The number of carbonyl (C=O) groups excluding carboxylic acids is 3. The van der Waals surface area contributed by atoms with Gasteiger partial charge in [-0.15, -0.1) is 0 Å². The maximum absolute atomic E-state index is 11.1. The van der Waals surface area contributed by atoms with Crippen LogP contribution in [-0.4, -0.2) is 31.6 Å². The summed E-state index contributed by atoms with van der Waals surface area (Å²) >= 11 is 0. The highest BCUT2D eigenvalue weighted by Gasteiger charge is 2.06. The third kappa shape index (κ3) is 5.53. The summed E-state index contributed by atoms with van der Waals surface area (Å²) in [5.41, 5.74) is 5.54. The van der Waals surface area contributed by atoms with Crippen molar-refractivity contribution in [3.63, 3.8) is 0 Å². The molecule has 3 amide bonds. The number of esters is 1. The van der Waals surface area contributed by atoms with Gasteiger partial charge in [-0.2, -0.15) is 0 Å². The van der Waals surface area contributed by atoms with Gasteiger partial charge in [0.15, 0.2) is 6.61 Å². The van der Waals surface area contributed by atoms with Crippen LogP contribution in [0, 0.1) is 0 Å². The Morgan fingerprint density at radius 2 is 1.84 bits per heavy atom. The van der Waals surface area contributed by atoms with Crippen molar-refractivity contribution in [2.45, 2.75) is 6.42 Å². The van der Waals surface area contributed by atoms with Crippen LogP contribution >= 0.6 is 0 Å². The van der Waals surface area contributed by atoms with Gasteiger partial charge in [-0.25, -0.2) is 4.79 Å². The number of ether oxygens (including phenoxy) is 2. The fraction of sp³-hybridized carbons (Fsp3) is 0.250. The van der Waals surface area contributed by atoms with Gasteiger partial charge in [0.2, 0.25) is 0 Å². The molecule has 0 unspecified atom stereocenters. The van der Waals surface area contributed by atoms with E-state index < -0.39 is 11.9 Å². The predicted molar refractivity (Wildman–Crippen MR) is 65.4 cm³/mol. The van der Waals surface area contributed by atoms with Crippen molar-refractivity contribution in [3.8, 4) is 5.75 Å². The molecule has 0 atom stereocenters. The van der Waals surface area contributed by atoms with E-state index in [1.165, 1.54) is 7.11 Å². The first kappa shape index (κ1) is 14.5. The third-order valence-corrected chi connectivity index (χ3v) is 2.13. The van der Waals surface area contributed by atoms with Crippen molar-refractivity contribution in [2.75, 3.05) is 13.7 Å². The minimum Gasteiger partial charge on any atom is -0.484 e. The van der Waals surface area contributed by atoms with E-state index in [1.54, 1.807) is 24.3 Å². The Balaban J connectivity index is 2.46. The van der Waals surface area contributed by atoms with Gasteiger partial charge >= 0.3 is 12.0 Å². The summed E-state index contributed by atoms with van der Waals surface area (Å²) in [6.07, 6.45) is 0.166. The van der Waals surface area contributed by atoms with E-state index in [1.807, 2.05) is 5.32 Å². The number of hydrogen-bond donors (Lipinski definition) is 2. The van der Waals surface area contributed by atoms with Gasteiger partial charge in [0.1, 0.15) is 5.75 Å². The Morgan fingerprint density at radius 1 is 1.21 bits per heavy atom. The minimum absolute atomic E-state index is 0.166. The van der Waals surface area contributed by atoms with Crippen LogP contribution in [0.1, 0.15) is 5.56 Å². The lowest BCUT2D eigenvalue weighted by Gasteiger charge is -2.06. The van der Waals surface area contributed by atoms with Crippen LogP contribution in [0.4, 0.5) is 4.79 Å². The number of benzene rings is 1. The van der Waals surface area contributed by atoms with Crippen LogP contribution in [0.3, 0.4) is 0 Å². The number of urea groups is 1. The second-order valence-corrected chi connectivity index (χ2v) is 3.60. The van der Waals surface area contributed by atoms with Gasteiger partial charge < -0.3 is 15.2 Å². The van der Waals surface area contributed by atoms with Crippen molar-refractivity contribution in [1.29, 1.82) is 0 Å². The Labute approximate surface area is 109 Å². The molecule has 0 aliphatic heterocycles. The van der Waals surface area contributed by atoms with Crippen LogP contribution in [0.25, 0.3) is 0 Å². The second-order valence-electron chi connectivity index (χ2n) is 3.60. The zero-order valence-electron chi connectivity index (χ0n) is 10.3. The maximum Gasteiger partial charge on any atom is 0.318 e. The standard InChI is InChI=1S/C12H14N2O5/c1-18-11(16)6-8-2-4-9(5-3-8)19-7-10(15)14-12(13)17/h2-5H,6-7H2,1H3,(H3,13,14,15,17). The number of hydrogen-bond acceptors (Lipinski definition) is 5. The molecule has 0 spiro atoms. The molecule has 0 radical (unpaired) electrons. The molecule has 0 bridgehead atoms. The molecule has 0 fully saturated rings. The number of imide groups is 1. The number of carbonyl (C=O) groups is 3. The van der Waals surface area contributed by atoms with E-state index in [2.05, 4.69) is 4.74 Å². The monoisotopic (exact) mass is 266 g/mol. The zero-order valence-corrected chi connectivity index (χ0v) is 10.3. The number of amides is 3. The molecule has 0 saturated carbocycles. The molecule has 1 aromatic carbocycles. The normalized spacial score (nSPS) is 9.53. The van der Waals surface area contributed by atoms with E-state index in [0.717, 1.165) is 5.56 Å². The first-order chi connectivity index (χ1) is 9.01. The quantitative estimate of drug-likeness (QED) is 0.728. The molecule has 1 aromatic rings. The highest BCUT2D eigenvalue weighted by Crippen LogP contribution is 2.12. The summed E-state index contributed by atoms with van der Waals surface area (Å²) in [5, 5.41) is 1.87. The highest BCUT2D eigenvalue weighted by atomic mass is 16.5. The van der Waals surface area contributed by atoms with Gasteiger partial charge in [-0.05, 0) is 17.7 Å². The number of nitrogens with two attached hydrogens (primary N) is 1. The van der Waals surface area contributed by atoms with Gasteiger partial charge in [-0.1, -0.05) is 12.1 Å². The molecule has 0 heterocycles. The van der Waals surface area contributed by atoms with Crippen LogP contribution in [0.5, 0.6) is 5.75 Å².